The highest BCUT2D eigenvalue weighted by Crippen LogP contribution is 2.33. The lowest BCUT2D eigenvalue weighted by Gasteiger charge is -2.12. The van der Waals surface area contributed by atoms with Crippen LogP contribution in [0.5, 0.6) is 0 Å². The number of aromatic nitrogens is 1. The minimum atomic E-state index is -2.07. The van der Waals surface area contributed by atoms with Gasteiger partial charge in [0.2, 0.25) is 0 Å². The molecule has 0 saturated heterocycles. The predicted octanol–water partition coefficient (Wildman–Crippen LogP) is 4.89. The van der Waals surface area contributed by atoms with E-state index in [1.54, 1.807) is 24.5 Å². The fourth-order valence-electron chi connectivity index (χ4n) is 2.75. The molecule has 1 atom stereocenters. The standard InChI is InChI=1S/C20H18FNO2S/c1-13-3-4-15(9-14(13)2)18-7-8-22-11-19(18)16-5-6-17(12-25(23)24)20(21)10-16/h3-11H,12H2,1-2H3,(H,23,24). The van der Waals surface area contributed by atoms with E-state index in [0.29, 0.717) is 5.56 Å². The van der Waals surface area contributed by atoms with Gasteiger partial charge in [0.25, 0.3) is 0 Å². The summed E-state index contributed by atoms with van der Waals surface area (Å²) in [6, 6.07) is 12.8. The monoisotopic (exact) mass is 355 g/mol. The first-order chi connectivity index (χ1) is 12.0. The van der Waals surface area contributed by atoms with Gasteiger partial charge in [-0.1, -0.05) is 30.3 Å². The minimum Gasteiger partial charge on any atom is -0.306 e. The molecule has 1 aromatic heterocycles. The van der Waals surface area contributed by atoms with Gasteiger partial charge in [0.1, 0.15) is 5.82 Å². The summed E-state index contributed by atoms with van der Waals surface area (Å²) in [5, 5.41) is 0. The van der Waals surface area contributed by atoms with Gasteiger partial charge < -0.3 is 4.55 Å². The number of aryl methyl sites for hydroxylation is 2. The van der Waals surface area contributed by atoms with Crippen molar-refractivity contribution in [1.29, 1.82) is 0 Å². The van der Waals surface area contributed by atoms with Crippen LogP contribution in [-0.2, 0) is 16.8 Å². The first-order valence-corrected chi connectivity index (χ1v) is 9.11. The Morgan fingerprint density at radius 3 is 2.40 bits per heavy atom. The van der Waals surface area contributed by atoms with Gasteiger partial charge in [-0.05, 0) is 53.8 Å². The topological polar surface area (TPSA) is 50.2 Å². The molecule has 5 heteroatoms. The average Bonchev–Trinajstić information content (AvgIpc) is 2.59. The lowest BCUT2D eigenvalue weighted by molar-refractivity contribution is 0.559. The van der Waals surface area contributed by atoms with Crippen LogP contribution in [0.15, 0.2) is 54.9 Å². The molecule has 1 heterocycles. The van der Waals surface area contributed by atoms with E-state index in [9.17, 15) is 8.60 Å². The van der Waals surface area contributed by atoms with Crippen molar-refractivity contribution < 1.29 is 13.2 Å². The second kappa shape index (κ2) is 7.25. The highest BCUT2D eigenvalue weighted by molar-refractivity contribution is 7.78. The number of rotatable bonds is 4. The van der Waals surface area contributed by atoms with Crippen molar-refractivity contribution in [2.24, 2.45) is 0 Å². The van der Waals surface area contributed by atoms with Crippen molar-refractivity contribution in [3.8, 4) is 22.3 Å². The van der Waals surface area contributed by atoms with E-state index in [2.05, 4.69) is 31.0 Å². The molecule has 0 bridgehead atoms. The first-order valence-electron chi connectivity index (χ1n) is 7.83. The van der Waals surface area contributed by atoms with E-state index < -0.39 is 16.9 Å². The van der Waals surface area contributed by atoms with Crippen LogP contribution in [0.3, 0.4) is 0 Å². The molecular weight excluding hydrogens is 337 g/mol. The number of halogens is 1. The van der Waals surface area contributed by atoms with Crippen molar-refractivity contribution in [2.75, 3.05) is 0 Å². The van der Waals surface area contributed by atoms with Gasteiger partial charge in [-0.25, -0.2) is 8.60 Å². The third kappa shape index (κ3) is 3.83. The Hall–Kier alpha value is -2.37. The number of hydrogen-bond donors (Lipinski definition) is 1. The van der Waals surface area contributed by atoms with E-state index in [0.717, 1.165) is 16.7 Å². The molecule has 1 unspecified atom stereocenters. The van der Waals surface area contributed by atoms with E-state index in [4.69, 9.17) is 4.55 Å². The highest BCUT2D eigenvalue weighted by atomic mass is 32.2. The predicted molar refractivity (Wildman–Crippen MR) is 99.0 cm³/mol. The van der Waals surface area contributed by atoms with Gasteiger partial charge >= 0.3 is 0 Å². The van der Waals surface area contributed by atoms with Crippen LogP contribution in [0.2, 0.25) is 0 Å². The molecule has 0 radical (unpaired) electrons. The smallest absolute Gasteiger partial charge is 0.157 e. The Morgan fingerprint density at radius 1 is 1.00 bits per heavy atom. The molecule has 0 amide bonds. The summed E-state index contributed by atoms with van der Waals surface area (Å²) >= 11 is -2.07. The van der Waals surface area contributed by atoms with Crippen molar-refractivity contribution in [3.63, 3.8) is 0 Å². The molecule has 0 fully saturated rings. The Morgan fingerprint density at radius 2 is 1.72 bits per heavy atom. The van der Waals surface area contributed by atoms with Gasteiger partial charge in [-0.3, -0.25) is 4.98 Å². The van der Waals surface area contributed by atoms with Crippen LogP contribution in [-0.4, -0.2) is 13.7 Å². The maximum absolute atomic E-state index is 14.3. The van der Waals surface area contributed by atoms with Crippen LogP contribution >= 0.6 is 0 Å². The minimum absolute atomic E-state index is 0.219. The van der Waals surface area contributed by atoms with Crippen molar-refractivity contribution in [3.05, 3.63) is 77.4 Å². The summed E-state index contributed by atoms with van der Waals surface area (Å²) in [6.07, 6.45) is 3.43. The Labute approximate surface area is 148 Å². The van der Waals surface area contributed by atoms with E-state index in [1.165, 1.54) is 17.2 Å². The lowest BCUT2D eigenvalue weighted by Crippen LogP contribution is -1.97. The number of hydrogen-bond acceptors (Lipinski definition) is 2. The first kappa shape index (κ1) is 17.5. The third-order valence-electron chi connectivity index (χ3n) is 4.28. The molecule has 0 aliphatic rings. The van der Waals surface area contributed by atoms with Crippen LogP contribution in [0, 0.1) is 19.7 Å². The summed E-state index contributed by atoms with van der Waals surface area (Å²) in [4.78, 5) is 4.18. The number of benzene rings is 2. The molecule has 3 nitrogen and oxygen atoms in total. The molecule has 3 aromatic rings. The maximum Gasteiger partial charge on any atom is 0.157 e. The Bertz CT molecular complexity index is 956. The van der Waals surface area contributed by atoms with Gasteiger partial charge in [-0.2, -0.15) is 0 Å². The SMILES string of the molecule is Cc1ccc(-c2ccncc2-c2ccc(CS(=O)O)c(F)c2)cc1C. The average molecular weight is 355 g/mol. The zero-order valence-corrected chi connectivity index (χ0v) is 14.8. The molecule has 0 spiro atoms. The van der Waals surface area contributed by atoms with Crippen molar-refractivity contribution in [1.82, 2.24) is 4.98 Å². The second-order valence-electron chi connectivity index (χ2n) is 5.99. The van der Waals surface area contributed by atoms with Gasteiger partial charge in [0.15, 0.2) is 11.1 Å². The zero-order chi connectivity index (χ0) is 18.0. The van der Waals surface area contributed by atoms with E-state index in [1.807, 2.05) is 12.1 Å². The van der Waals surface area contributed by atoms with Crippen LogP contribution in [0.4, 0.5) is 4.39 Å². The molecule has 2 aromatic carbocycles. The Balaban J connectivity index is 2.08. The maximum atomic E-state index is 14.3. The molecule has 3 rings (SSSR count). The van der Waals surface area contributed by atoms with E-state index >= 15 is 0 Å². The van der Waals surface area contributed by atoms with Gasteiger partial charge in [0, 0.05) is 23.5 Å². The summed E-state index contributed by atoms with van der Waals surface area (Å²) in [6.45, 7) is 4.12. The summed E-state index contributed by atoms with van der Waals surface area (Å²) in [5.41, 5.74) is 6.14. The number of nitrogens with zero attached hydrogens (tertiary/aromatic N) is 1. The normalized spacial score (nSPS) is 12.2. The van der Waals surface area contributed by atoms with Crippen molar-refractivity contribution in [2.45, 2.75) is 19.6 Å². The molecule has 128 valence electrons. The summed E-state index contributed by atoms with van der Waals surface area (Å²) < 4.78 is 34.1. The molecule has 0 saturated carbocycles. The Kier molecular flexibility index (Phi) is 5.06. The van der Waals surface area contributed by atoms with Crippen LogP contribution in [0.1, 0.15) is 16.7 Å². The molecule has 0 aliphatic carbocycles. The summed E-state index contributed by atoms with van der Waals surface area (Å²) in [7, 11) is 0. The fraction of sp³-hybridized carbons (Fsp3) is 0.150. The van der Waals surface area contributed by atoms with Gasteiger partial charge in [-0.15, -0.1) is 0 Å². The highest BCUT2D eigenvalue weighted by Gasteiger charge is 2.12. The largest absolute Gasteiger partial charge is 0.306 e. The molecule has 1 N–H and O–H groups in total. The molecule has 0 aliphatic heterocycles. The molecule has 25 heavy (non-hydrogen) atoms. The number of pyridine rings is 1. The summed E-state index contributed by atoms with van der Waals surface area (Å²) in [5.74, 6) is -0.710. The van der Waals surface area contributed by atoms with Crippen LogP contribution in [0.25, 0.3) is 22.3 Å². The van der Waals surface area contributed by atoms with Crippen molar-refractivity contribution >= 4 is 11.1 Å². The third-order valence-corrected chi connectivity index (χ3v) is 4.84. The van der Waals surface area contributed by atoms with Gasteiger partial charge in [0.05, 0.1) is 5.75 Å². The lowest BCUT2D eigenvalue weighted by atomic mass is 9.94. The van der Waals surface area contributed by atoms with Crippen LogP contribution < -0.4 is 0 Å². The quantitative estimate of drug-likeness (QED) is 0.678. The second-order valence-corrected chi connectivity index (χ2v) is 6.92. The zero-order valence-electron chi connectivity index (χ0n) is 14.0. The molecular formula is C20H18FNO2S. The van der Waals surface area contributed by atoms with E-state index in [-0.39, 0.29) is 11.3 Å². The fourth-order valence-corrected chi connectivity index (χ4v) is 3.25.